The number of carbonyl (C=O) groups excluding carboxylic acids is 1. The Morgan fingerprint density at radius 2 is 1.68 bits per heavy atom. The number of likely N-dealkylation sites (N-methyl/N-ethyl adjacent to an activating group) is 1. The molecule has 0 saturated carbocycles. The minimum absolute atomic E-state index is 0.322. The fraction of sp³-hybridized carbons (Fsp3) is 0.842. The van der Waals surface area contributed by atoms with Gasteiger partial charge < -0.3 is 19.4 Å². The predicted octanol–water partition coefficient (Wildman–Crippen LogP) is 3.85. The Kier molecular flexibility index (Phi) is 9.24. The fourth-order valence-corrected chi connectivity index (χ4v) is 2.19. The quantitative estimate of drug-likeness (QED) is 0.639. The topological polar surface area (TPSA) is 59.0 Å². The van der Waals surface area contributed by atoms with Crippen molar-refractivity contribution in [1.29, 1.82) is 0 Å². The van der Waals surface area contributed by atoms with Gasteiger partial charge in [-0.3, -0.25) is 0 Å². The van der Waals surface area contributed by atoms with Crippen molar-refractivity contribution in [2.24, 2.45) is 0 Å². The van der Waals surface area contributed by atoms with Gasteiger partial charge in [0.25, 0.3) is 0 Å². The molecule has 1 atom stereocenters. The summed E-state index contributed by atoms with van der Waals surface area (Å²) >= 11 is 0. The molecule has 5 nitrogen and oxygen atoms in total. The van der Waals surface area contributed by atoms with Crippen LogP contribution in [-0.4, -0.2) is 53.5 Å². The molecule has 1 amide bonds. The number of hydrogen-bond donors (Lipinski definition) is 1. The van der Waals surface area contributed by atoms with E-state index >= 15 is 0 Å². The lowest BCUT2D eigenvalue weighted by Crippen LogP contribution is -2.50. The molecule has 0 rings (SSSR count). The maximum atomic E-state index is 12.3. The summed E-state index contributed by atoms with van der Waals surface area (Å²) in [6.45, 7) is 18.1. The van der Waals surface area contributed by atoms with Crippen molar-refractivity contribution in [3.05, 3.63) is 11.5 Å². The van der Waals surface area contributed by atoms with Gasteiger partial charge in [0.2, 0.25) is 0 Å². The average molecular weight is 355 g/mol. The molecule has 0 aliphatic heterocycles. The fourth-order valence-electron chi connectivity index (χ4n) is 2.19. The van der Waals surface area contributed by atoms with E-state index in [1.807, 2.05) is 48.5 Å². The van der Waals surface area contributed by atoms with Gasteiger partial charge in [0.1, 0.15) is 5.60 Å². The second-order valence-corrected chi connectivity index (χ2v) is 8.19. The van der Waals surface area contributed by atoms with Gasteiger partial charge in [-0.2, -0.15) is 0 Å². The Balaban J connectivity index is 5.01. The van der Waals surface area contributed by atoms with Gasteiger partial charge in [0.15, 0.2) is 0 Å². The summed E-state index contributed by atoms with van der Waals surface area (Å²) in [7, 11) is 0.371. The predicted molar refractivity (Wildman–Crippen MR) is 105 cm³/mol. The molecule has 0 aliphatic rings. The molecular formula is C19H38BNO4. The number of carbonyl (C=O) groups is 1. The van der Waals surface area contributed by atoms with Gasteiger partial charge in [-0.15, -0.1) is 0 Å². The molecule has 0 spiro atoms. The zero-order chi connectivity index (χ0) is 19.9. The lowest BCUT2D eigenvalue weighted by atomic mass is 9.80. The number of hydrogen-bond acceptors (Lipinski definition) is 4. The van der Waals surface area contributed by atoms with Crippen LogP contribution in [0.1, 0.15) is 75.2 Å². The van der Waals surface area contributed by atoms with Crippen LogP contribution < -0.4 is 0 Å². The summed E-state index contributed by atoms with van der Waals surface area (Å²) in [5, 5.41) is 10.5. The molecule has 1 unspecified atom stereocenters. The van der Waals surface area contributed by atoms with Gasteiger partial charge in [-0.25, -0.2) is 4.79 Å². The lowest BCUT2D eigenvalue weighted by Gasteiger charge is -2.40. The van der Waals surface area contributed by atoms with Gasteiger partial charge in [-0.05, 0) is 61.3 Å². The van der Waals surface area contributed by atoms with Gasteiger partial charge in [-0.1, -0.05) is 25.4 Å². The van der Waals surface area contributed by atoms with E-state index in [0.717, 1.165) is 11.9 Å². The number of allylic oxidation sites excluding steroid dienone is 1. The molecule has 0 bridgehead atoms. The molecule has 0 fully saturated rings. The number of nitrogens with zero attached hydrogens (tertiary/aromatic N) is 1. The van der Waals surface area contributed by atoms with E-state index in [1.54, 1.807) is 11.8 Å². The summed E-state index contributed by atoms with van der Waals surface area (Å²) in [6.07, 6.45) is 3.21. The molecule has 6 heteroatoms. The monoisotopic (exact) mass is 355 g/mol. The van der Waals surface area contributed by atoms with Crippen LogP contribution in [0, 0.1) is 0 Å². The molecular weight excluding hydrogens is 317 g/mol. The van der Waals surface area contributed by atoms with Crippen molar-refractivity contribution >= 4 is 13.6 Å². The van der Waals surface area contributed by atoms with E-state index in [1.165, 1.54) is 0 Å². The Bertz CT molecular complexity index is 453. The van der Waals surface area contributed by atoms with Crippen molar-refractivity contribution in [3.63, 3.8) is 0 Å². The summed E-state index contributed by atoms with van der Waals surface area (Å²) in [6, 6.07) is 0. The molecule has 0 heterocycles. The first-order chi connectivity index (χ1) is 11.3. The maximum Gasteiger partial charge on any atom is 0.410 e. The second-order valence-electron chi connectivity index (χ2n) is 8.19. The van der Waals surface area contributed by atoms with Crippen LogP contribution in [0.25, 0.3) is 0 Å². The highest BCUT2D eigenvalue weighted by Gasteiger charge is 2.38. The molecule has 0 saturated heterocycles. The second kappa shape index (κ2) is 9.63. The summed E-state index contributed by atoms with van der Waals surface area (Å²) in [5.74, 6) is 0. The minimum Gasteiger partial charge on any atom is -0.444 e. The third-order valence-electron chi connectivity index (χ3n) is 4.52. The summed E-state index contributed by atoms with van der Waals surface area (Å²) in [5.41, 5.74) is -1.11. The minimum atomic E-state index is -0.917. The van der Waals surface area contributed by atoms with E-state index in [0.29, 0.717) is 27.0 Å². The van der Waals surface area contributed by atoms with E-state index in [4.69, 9.17) is 9.39 Å². The van der Waals surface area contributed by atoms with Crippen LogP contribution in [-0.2, 0) is 9.39 Å². The molecule has 25 heavy (non-hydrogen) atoms. The number of amides is 1. The molecule has 1 N–H and O–H groups in total. The first-order valence-corrected chi connectivity index (χ1v) is 9.31. The van der Waals surface area contributed by atoms with Gasteiger partial charge in [0.05, 0.1) is 11.2 Å². The van der Waals surface area contributed by atoms with Crippen LogP contribution >= 0.6 is 0 Å². The summed E-state index contributed by atoms with van der Waals surface area (Å²) < 4.78 is 11.5. The Labute approximate surface area is 155 Å². The number of aliphatic hydroxyl groups is 1. The molecule has 0 aromatic rings. The van der Waals surface area contributed by atoms with Gasteiger partial charge in [0, 0.05) is 13.1 Å². The Hall–Kier alpha value is -1.01. The number of rotatable bonds is 9. The van der Waals surface area contributed by atoms with Crippen molar-refractivity contribution < 1.29 is 19.3 Å². The SMILES string of the molecule is CC/C=C(/BOC(C)(C)C(C)(O)CC)CN(CC)C(=O)OC(C)(C)C. The van der Waals surface area contributed by atoms with Crippen molar-refractivity contribution in [2.45, 2.75) is 92.0 Å². The van der Waals surface area contributed by atoms with E-state index in [2.05, 4.69) is 13.0 Å². The Morgan fingerprint density at radius 3 is 2.08 bits per heavy atom. The molecule has 0 aromatic heterocycles. The average Bonchev–Trinajstić information content (AvgIpc) is 2.47. The summed E-state index contributed by atoms with van der Waals surface area (Å²) in [4.78, 5) is 14.0. The van der Waals surface area contributed by atoms with E-state index < -0.39 is 16.8 Å². The van der Waals surface area contributed by atoms with Crippen LogP contribution in [0.2, 0.25) is 0 Å². The third kappa shape index (κ3) is 8.28. The molecule has 0 radical (unpaired) electrons. The zero-order valence-corrected chi connectivity index (χ0v) is 17.7. The van der Waals surface area contributed by atoms with Crippen LogP contribution in [0.3, 0.4) is 0 Å². The molecule has 146 valence electrons. The number of ether oxygens (including phenoxy) is 1. The first kappa shape index (κ1) is 24.0. The maximum absolute atomic E-state index is 12.3. The standard InChI is InChI=1S/C19H38BNO4/c1-10-13-15(20-25-18(7,8)19(9,23)11-2)14-21(12-3)16(22)24-17(4,5)6/h13,20,23H,10-12,14H2,1-9H3/b15-13+. The van der Waals surface area contributed by atoms with Crippen molar-refractivity contribution in [3.8, 4) is 0 Å². The lowest BCUT2D eigenvalue weighted by molar-refractivity contribution is -0.104. The highest BCUT2D eigenvalue weighted by atomic mass is 16.6. The van der Waals surface area contributed by atoms with Crippen LogP contribution in [0.4, 0.5) is 4.79 Å². The smallest absolute Gasteiger partial charge is 0.410 e. The van der Waals surface area contributed by atoms with E-state index in [-0.39, 0.29) is 6.09 Å². The molecule has 0 aromatic carbocycles. The largest absolute Gasteiger partial charge is 0.444 e. The third-order valence-corrected chi connectivity index (χ3v) is 4.52. The molecule has 0 aliphatic carbocycles. The zero-order valence-electron chi connectivity index (χ0n) is 17.7. The highest BCUT2D eigenvalue weighted by Crippen LogP contribution is 2.28. The van der Waals surface area contributed by atoms with Crippen molar-refractivity contribution in [1.82, 2.24) is 4.90 Å². The highest BCUT2D eigenvalue weighted by molar-refractivity contribution is 6.38. The van der Waals surface area contributed by atoms with Crippen LogP contribution in [0.5, 0.6) is 0 Å². The van der Waals surface area contributed by atoms with E-state index in [9.17, 15) is 9.90 Å². The van der Waals surface area contributed by atoms with Crippen molar-refractivity contribution in [2.75, 3.05) is 13.1 Å². The first-order valence-electron chi connectivity index (χ1n) is 9.31. The van der Waals surface area contributed by atoms with Crippen LogP contribution in [0.15, 0.2) is 11.5 Å². The van der Waals surface area contributed by atoms with Gasteiger partial charge >= 0.3 is 13.6 Å². The normalized spacial score (nSPS) is 15.5. The Morgan fingerprint density at radius 1 is 1.12 bits per heavy atom.